The molecule has 2 atom stereocenters. The van der Waals surface area contributed by atoms with E-state index in [2.05, 4.69) is 39.1 Å². The summed E-state index contributed by atoms with van der Waals surface area (Å²) in [6, 6.07) is 7.06. The van der Waals surface area contributed by atoms with Crippen molar-refractivity contribution in [3.63, 3.8) is 0 Å². The van der Waals surface area contributed by atoms with Crippen LogP contribution in [0.5, 0.6) is 5.75 Å². The monoisotopic (exact) mass is 439 g/mol. The average molecular weight is 440 g/mol. The standard InChI is InChI=1S/C22H25N5O3S/c1-14(15(2)17-6-8-23-18-7-9-30-22(17)18)11-24-20-10-19(26-13-27-20)16-4-5-21(25-12-16)31(3,28)29/h4-6,8,10,12-15H,7,9,11H2,1-3H3,(H,24,26,27)/t14-,15?/m1/s1. The summed E-state index contributed by atoms with van der Waals surface area (Å²) in [7, 11) is -3.33. The van der Waals surface area contributed by atoms with Gasteiger partial charge in [0.15, 0.2) is 14.9 Å². The zero-order chi connectivity index (χ0) is 22.0. The van der Waals surface area contributed by atoms with Crippen LogP contribution in [0.15, 0.2) is 48.0 Å². The van der Waals surface area contributed by atoms with Crippen LogP contribution in [-0.4, -0.2) is 47.8 Å². The van der Waals surface area contributed by atoms with Crippen molar-refractivity contribution in [2.24, 2.45) is 5.92 Å². The molecule has 0 fully saturated rings. The first kappa shape index (κ1) is 21.2. The lowest BCUT2D eigenvalue weighted by Crippen LogP contribution is -2.18. The molecule has 1 unspecified atom stereocenters. The van der Waals surface area contributed by atoms with Gasteiger partial charge in [0.25, 0.3) is 0 Å². The molecule has 0 spiro atoms. The highest BCUT2D eigenvalue weighted by atomic mass is 32.2. The normalized spacial score (nSPS) is 15.1. The van der Waals surface area contributed by atoms with Gasteiger partial charge in [0, 0.05) is 48.8 Å². The lowest BCUT2D eigenvalue weighted by molar-refractivity contribution is 0.347. The molecule has 162 valence electrons. The highest BCUT2D eigenvalue weighted by Crippen LogP contribution is 2.36. The van der Waals surface area contributed by atoms with Crippen LogP contribution in [0.4, 0.5) is 5.82 Å². The first-order valence-corrected chi connectivity index (χ1v) is 12.0. The largest absolute Gasteiger partial charge is 0.491 e. The molecule has 3 aromatic heterocycles. The summed E-state index contributed by atoms with van der Waals surface area (Å²) in [5, 5.41) is 3.42. The SMILES string of the molecule is CC(c1ccnc2c1OCC2)[C@H](C)CNc1cc(-c2ccc(S(C)(=O)=O)nc2)ncn1. The van der Waals surface area contributed by atoms with Gasteiger partial charge in [0.2, 0.25) is 0 Å². The van der Waals surface area contributed by atoms with E-state index < -0.39 is 9.84 Å². The Morgan fingerprint density at radius 3 is 2.71 bits per heavy atom. The fourth-order valence-corrected chi connectivity index (χ4v) is 4.13. The second kappa shape index (κ2) is 8.58. The molecule has 1 aliphatic rings. The van der Waals surface area contributed by atoms with Gasteiger partial charge in [-0.15, -0.1) is 0 Å². The third kappa shape index (κ3) is 4.66. The fourth-order valence-electron chi connectivity index (χ4n) is 3.57. The van der Waals surface area contributed by atoms with Crippen LogP contribution in [0.1, 0.15) is 31.0 Å². The molecule has 1 N–H and O–H groups in total. The number of sulfone groups is 1. The molecule has 0 bridgehead atoms. The number of hydrogen-bond donors (Lipinski definition) is 1. The molecule has 0 aliphatic carbocycles. The van der Waals surface area contributed by atoms with Crippen LogP contribution in [0.2, 0.25) is 0 Å². The van der Waals surface area contributed by atoms with Crippen molar-refractivity contribution < 1.29 is 13.2 Å². The number of pyridine rings is 2. The second-order valence-electron chi connectivity index (χ2n) is 7.87. The molecule has 0 amide bonds. The van der Waals surface area contributed by atoms with Crippen molar-refractivity contribution in [3.05, 3.63) is 54.2 Å². The number of rotatable bonds is 7. The van der Waals surface area contributed by atoms with Crippen LogP contribution in [0.25, 0.3) is 11.3 Å². The summed E-state index contributed by atoms with van der Waals surface area (Å²) in [5.41, 5.74) is 3.63. The van der Waals surface area contributed by atoms with E-state index in [4.69, 9.17) is 4.74 Å². The Balaban J connectivity index is 1.44. The summed E-state index contributed by atoms with van der Waals surface area (Å²) in [6.07, 6.45) is 6.86. The second-order valence-corrected chi connectivity index (χ2v) is 9.83. The summed E-state index contributed by atoms with van der Waals surface area (Å²) in [6.45, 7) is 5.81. The Morgan fingerprint density at radius 2 is 1.97 bits per heavy atom. The zero-order valence-electron chi connectivity index (χ0n) is 17.7. The molecular formula is C22H25N5O3S. The minimum Gasteiger partial charge on any atom is -0.491 e. The van der Waals surface area contributed by atoms with E-state index in [9.17, 15) is 8.42 Å². The first-order chi connectivity index (χ1) is 14.8. The van der Waals surface area contributed by atoms with Crippen LogP contribution in [0, 0.1) is 5.92 Å². The van der Waals surface area contributed by atoms with Gasteiger partial charge in [-0.1, -0.05) is 13.8 Å². The number of anilines is 1. The quantitative estimate of drug-likeness (QED) is 0.598. The third-order valence-corrected chi connectivity index (χ3v) is 6.62. The van der Waals surface area contributed by atoms with Gasteiger partial charge >= 0.3 is 0 Å². The number of aromatic nitrogens is 4. The highest BCUT2D eigenvalue weighted by Gasteiger charge is 2.24. The molecule has 8 nitrogen and oxygen atoms in total. The van der Waals surface area contributed by atoms with E-state index in [-0.39, 0.29) is 10.9 Å². The van der Waals surface area contributed by atoms with Gasteiger partial charge in [-0.05, 0) is 30.0 Å². The Kier molecular flexibility index (Phi) is 5.86. The van der Waals surface area contributed by atoms with Crippen molar-refractivity contribution >= 4 is 15.7 Å². The maximum absolute atomic E-state index is 11.6. The lowest BCUT2D eigenvalue weighted by atomic mass is 9.88. The van der Waals surface area contributed by atoms with E-state index in [1.54, 1.807) is 6.07 Å². The lowest BCUT2D eigenvalue weighted by Gasteiger charge is -2.22. The van der Waals surface area contributed by atoms with Crippen LogP contribution >= 0.6 is 0 Å². The number of nitrogens with one attached hydrogen (secondary N) is 1. The summed E-state index contributed by atoms with van der Waals surface area (Å²) in [4.78, 5) is 17.0. The van der Waals surface area contributed by atoms with E-state index in [1.807, 2.05) is 18.3 Å². The molecule has 1 aliphatic heterocycles. The van der Waals surface area contributed by atoms with Gasteiger partial charge < -0.3 is 10.1 Å². The van der Waals surface area contributed by atoms with E-state index in [1.165, 1.54) is 24.2 Å². The average Bonchev–Trinajstić information content (AvgIpc) is 3.26. The summed E-state index contributed by atoms with van der Waals surface area (Å²) < 4.78 is 29.0. The molecule has 31 heavy (non-hydrogen) atoms. The number of fused-ring (bicyclic) bond motifs is 1. The van der Waals surface area contributed by atoms with Crippen LogP contribution in [-0.2, 0) is 16.3 Å². The predicted octanol–water partition coefficient (Wildman–Crippen LogP) is 3.12. The van der Waals surface area contributed by atoms with Gasteiger partial charge in [-0.2, -0.15) is 0 Å². The Labute approximate surface area is 182 Å². The van der Waals surface area contributed by atoms with Crippen molar-refractivity contribution in [2.75, 3.05) is 24.7 Å². The molecule has 3 aromatic rings. The molecule has 0 aromatic carbocycles. The Bertz CT molecular complexity index is 1180. The fraction of sp³-hybridized carbons (Fsp3) is 0.364. The molecule has 4 heterocycles. The van der Waals surface area contributed by atoms with Crippen LogP contribution in [0.3, 0.4) is 0 Å². The smallest absolute Gasteiger partial charge is 0.192 e. The van der Waals surface area contributed by atoms with Crippen molar-refractivity contribution in [1.82, 2.24) is 19.9 Å². The molecule has 0 saturated carbocycles. The van der Waals surface area contributed by atoms with E-state index in [0.29, 0.717) is 24.0 Å². The third-order valence-electron chi connectivity index (χ3n) is 5.62. The molecule has 0 radical (unpaired) electrons. The number of nitrogens with zero attached hydrogens (tertiary/aromatic N) is 4. The highest BCUT2D eigenvalue weighted by molar-refractivity contribution is 7.90. The number of hydrogen-bond acceptors (Lipinski definition) is 8. The minimum atomic E-state index is -3.33. The summed E-state index contributed by atoms with van der Waals surface area (Å²) >= 11 is 0. The molecular weight excluding hydrogens is 414 g/mol. The van der Waals surface area contributed by atoms with Crippen molar-refractivity contribution in [1.29, 1.82) is 0 Å². The Morgan fingerprint density at radius 1 is 1.13 bits per heavy atom. The molecule has 9 heteroatoms. The van der Waals surface area contributed by atoms with Crippen molar-refractivity contribution in [2.45, 2.75) is 31.2 Å². The minimum absolute atomic E-state index is 0.0399. The first-order valence-electron chi connectivity index (χ1n) is 10.2. The predicted molar refractivity (Wildman–Crippen MR) is 118 cm³/mol. The van der Waals surface area contributed by atoms with Gasteiger partial charge in [0.1, 0.15) is 17.9 Å². The maximum atomic E-state index is 11.6. The summed E-state index contributed by atoms with van der Waals surface area (Å²) in [5.74, 6) is 2.25. The van der Waals surface area contributed by atoms with E-state index in [0.717, 1.165) is 36.2 Å². The van der Waals surface area contributed by atoms with Gasteiger partial charge in [-0.25, -0.2) is 23.4 Å². The van der Waals surface area contributed by atoms with Crippen LogP contribution < -0.4 is 10.1 Å². The molecule has 4 rings (SSSR count). The zero-order valence-corrected chi connectivity index (χ0v) is 18.6. The van der Waals surface area contributed by atoms with Crippen molar-refractivity contribution in [3.8, 4) is 17.0 Å². The molecule has 0 saturated heterocycles. The van der Waals surface area contributed by atoms with E-state index >= 15 is 0 Å². The number of ether oxygens (including phenoxy) is 1. The Hall–Kier alpha value is -3.07. The van der Waals surface area contributed by atoms with Gasteiger partial charge in [-0.3, -0.25) is 4.98 Å². The maximum Gasteiger partial charge on any atom is 0.192 e. The topological polar surface area (TPSA) is 107 Å². The van der Waals surface area contributed by atoms with Gasteiger partial charge in [0.05, 0.1) is 18.0 Å².